The zero-order chi connectivity index (χ0) is 12.6. The van der Waals surface area contributed by atoms with Crippen LogP contribution in [0.4, 0.5) is 0 Å². The van der Waals surface area contributed by atoms with Gasteiger partial charge >= 0.3 is 11.9 Å². The fraction of sp³-hybridized carbons (Fsp3) is 0.385. The van der Waals surface area contributed by atoms with Crippen molar-refractivity contribution in [2.24, 2.45) is 5.92 Å². The van der Waals surface area contributed by atoms with E-state index >= 15 is 0 Å². The third kappa shape index (κ3) is 1.69. The van der Waals surface area contributed by atoms with Crippen LogP contribution in [-0.2, 0) is 21.4 Å². The molecule has 0 heterocycles. The van der Waals surface area contributed by atoms with Gasteiger partial charge in [-0.1, -0.05) is 31.2 Å². The van der Waals surface area contributed by atoms with Gasteiger partial charge in [-0.15, -0.1) is 0 Å². The second kappa shape index (κ2) is 3.87. The average Bonchev–Trinajstić information content (AvgIpc) is 3.06. The zero-order valence-corrected chi connectivity index (χ0v) is 9.51. The molecule has 0 saturated heterocycles. The molecule has 2 rings (SSSR count). The van der Waals surface area contributed by atoms with Crippen molar-refractivity contribution in [2.45, 2.75) is 25.2 Å². The number of carboxylic acid groups (broad SMARTS) is 2. The summed E-state index contributed by atoms with van der Waals surface area (Å²) in [6.07, 6.45) is 1.06. The van der Waals surface area contributed by atoms with E-state index in [-0.39, 0.29) is 6.42 Å². The highest BCUT2D eigenvalue weighted by molar-refractivity contribution is 5.94. The third-order valence-corrected chi connectivity index (χ3v) is 3.52. The van der Waals surface area contributed by atoms with Crippen LogP contribution < -0.4 is 0 Å². The summed E-state index contributed by atoms with van der Waals surface area (Å²) in [5, 5.41) is 18.2. The molecule has 4 nitrogen and oxygen atoms in total. The van der Waals surface area contributed by atoms with Crippen LogP contribution in [0.15, 0.2) is 24.3 Å². The van der Waals surface area contributed by atoms with Gasteiger partial charge in [-0.2, -0.15) is 0 Å². The first kappa shape index (κ1) is 11.6. The summed E-state index contributed by atoms with van der Waals surface area (Å²) in [5.74, 6) is -2.88. The predicted octanol–water partition coefficient (Wildman–Crippen LogP) is 1.68. The lowest BCUT2D eigenvalue weighted by Gasteiger charge is -2.12. The maximum Gasteiger partial charge on any atom is 0.315 e. The first-order valence-corrected chi connectivity index (χ1v) is 5.58. The molecule has 2 N–H and O–H groups in total. The maximum atomic E-state index is 11.3. The Morgan fingerprint density at radius 2 is 1.88 bits per heavy atom. The molecule has 1 aliphatic carbocycles. The Balaban J connectivity index is 2.36. The van der Waals surface area contributed by atoms with Crippen molar-refractivity contribution < 1.29 is 19.8 Å². The van der Waals surface area contributed by atoms with Gasteiger partial charge in [-0.05, 0) is 24.0 Å². The molecule has 1 fully saturated rings. The predicted molar refractivity (Wildman–Crippen MR) is 60.9 cm³/mol. The Labute approximate surface area is 98.9 Å². The van der Waals surface area contributed by atoms with Crippen LogP contribution in [0, 0.1) is 5.92 Å². The SMILES string of the molecule is CCc1ccc([C@@]2(C(=O)O)C[C@@H]2C(=O)O)cc1. The second-order valence-corrected chi connectivity index (χ2v) is 4.42. The van der Waals surface area contributed by atoms with Crippen molar-refractivity contribution in [3.8, 4) is 0 Å². The van der Waals surface area contributed by atoms with Gasteiger partial charge in [-0.25, -0.2) is 0 Å². The number of carboxylic acids is 2. The van der Waals surface area contributed by atoms with E-state index in [0.29, 0.717) is 5.56 Å². The van der Waals surface area contributed by atoms with Gasteiger partial charge in [0.15, 0.2) is 0 Å². The molecular weight excluding hydrogens is 220 g/mol. The van der Waals surface area contributed by atoms with E-state index < -0.39 is 23.3 Å². The summed E-state index contributed by atoms with van der Waals surface area (Å²) in [6, 6.07) is 7.18. The molecule has 0 aliphatic heterocycles. The summed E-state index contributed by atoms with van der Waals surface area (Å²) in [6.45, 7) is 2.01. The van der Waals surface area contributed by atoms with E-state index in [4.69, 9.17) is 5.11 Å². The van der Waals surface area contributed by atoms with Crippen LogP contribution in [-0.4, -0.2) is 22.2 Å². The van der Waals surface area contributed by atoms with Gasteiger partial charge in [0.1, 0.15) is 5.41 Å². The summed E-state index contributed by atoms with van der Waals surface area (Å²) >= 11 is 0. The minimum Gasteiger partial charge on any atom is -0.481 e. The molecule has 4 heteroatoms. The molecule has 0 aromatic heterocycles. The quantitative estimate of drug-likeness (QED) is 0.831. The first-order valence-electron chi connectivity index (χ1n) is 5.58. The highest BCUT2D eigenvalue weighted by Crippen LogP contribution is 2.54. The second-order valence-electron chi connectivity index (χ2n) is 4.42. The van der Waals surface area contributed by atoms with Crippen LogP contribution in [0.25, 0.3) is 0 Å². The maximum absolute atomic E-state index is 11.3. The lowest BCUT2D eigenvalue weighted by molar-refractivity contribution is -0.145. The molecule has 90 valence electrons. The number of aryl methyl sites for hydroxylation is 1. The van der Waals surface area contributed by atoms with Gasteiger partial charge < -0.3 is 10.2 Å². The number of rotatable bonds is 4. The van der Waals surface area contributed by atoms with Gasteiger partial charge in [-0.3, -0.25) is 9.59 Å². The smallest absolute Gasteiger partial charge is 0.315 e. The highest BCUT2D eigenvalue weighted by atomic mass is 16.4. The fourth-order valence-corrected chi connectivity index (χ4v) is 2.28. The minimum atomic E-state index is -1.21. The number of hydrogen-bond acceptors (Lipinski definition) is 2. The standard InChI is InChI=1S/C13H14O4/c1-2-8-3-5-9(6-4-8)13(12(16)17)7-10(13)11(14)15/h3-6,10H,2,7H2,1H3,(H,14,15)(H,16,17)/t10-,13+/m1/s1. The fourth-order valence-electron chi connectivity index (χ4n) is 2.28. The molecule has 1 aliphatic rings. The molecule has 0 unspecified atom stereocenters. The molecule has 0 spiro atoms. The van der Waals surface area contributed by atoms with Crippen molar-refractivity contribution in [1.82, 2.24) is 0 Å². The summed E-state index contributed by atoms with van der Waals surface area (Å²) in [5.41, 5.74) is 0.495. The molecule has 0 radical (unpaired) electrons. The van der Waals surface area contributed by atoms with E-state index in [1.165, 1.54) is 0 Å². The molecule has 1 aromatic carbocycles. The largest absolute Gasteiger partial charge is 0.481 e. The van der Waals surface area contributed by atoms with Crippen molar-refractivity contribution in [1.29, 1.82) is 0 Å². The Bertz CT molecular complexity index is 463. The van der Waals surface area contributed by atoms with E-state index in [1.807, 2.05) is 19.1 Å². The van der Waals surface area contributed by atoms with Crippen molar-refractivity contribution in [3.63, 3.8) is 0 Å². The van der Waals surface area contributed by atoms with Crippen LogP contribution in [0.3, 0.4) is 0 Å². The zero-order valence-electron chi connectivity index (χ0n) is 9.51. The lowest BCUT2D eigenvalue weighted by atomic mass is 9.92. The monoisotopic (exact) mass is 234 g/mol. The Morgan fingerprint density at radius 3 is 2.24 bits per heavy atom. The molecule has 1 saturated carbocycles. The highest BCUT2D eigenvalue weighted by Gasteiger charge is 2.65. The van der Waals surface area contributed by atoms with E-state index in [2.05, 4.69) is 0 Å². The average molecular weight is 234 g/mol. The van der Waals surface area contributed by atoms with E-state index in [9.17, 15) is 14.7 Å². The van der Waals surface area contributed by atoms with Crippen LogP contribution in [0.1, 0.15) is 24.5 Å². The lowest BCUT2D eigenvalue weighted by Crippen LogP contribution is -2.25. The Morgan fingerprint density at radius 1 is 1.29 bits per heavy atom. The third-order valence-electron chi connectivity index (χ3n) is 3.52. The van der Waals surface area contributed by atoms with Gasteiger partial charge in [0.25, 0.3) is 0 Å². The minimum absolute atomic E-state index is 0.184. The summed E-state index contributed by atoms with van der Waals surface area (Å²) < 4.78 is 0. The topological polar surface area (TPSA) is 74.6 Å². The molecule has 2 atom stereocenters. The molecule has 1 aromatic rings. The van der Waals surface area contributed by atoms with Gasteiger partial charge in [0, 0.05) is 0 Å². The number of aliphatic carboxylic acids is 2. The van der Waals surface area contributed by atoms with E-state index in [1.54, 1.807) is 12.1 Å². The van der Waals surface area contributed by atoms with Gasteiger partial charge in [0.2, 0.25) is 0 Å². The molecule has 0 amide bonds. The van der Waals surface area contributed by atoms with Crippen molar-refractivity contribution >= 4 is 11.9 Å². The number of hydrogen-bond donors (Lipinski definition) is 2. The summed E-state index contributed by atoms with van der Waals surface area (Å²) in [4.78, 5) is 22.2. The summed E-state index contributed by atoms with van der Waals surface area (Å²) in [7, 11) is 0. The van der Waals surface area contributed by atoms with E-state index in [0.717, 1.165) is 12.0 Å². The van der Waals surface area contributed by atoms with Crippen LogP contribution in [0.2, 0.25) is 0 Å². The van der Waals surface area contributed by atoms with Crippen LogP contribution in [0.5, 0.6) is 0 Å². The number of benzene rings is 1. The normalized spacial score (nSPS) is 26.5. The number of carbonyl (C=O) groups is 2. The Kier molecular flexibility index (Phi) is 2.65. The molecule has 0 bridgehead atoms. The van der Waals surface area contributed by atoms with Crippen molar-refractivity contribution in [2.75, 3.05) is 0 Å². The first-order chi connectivity index (χ1) is 8.02. The van der Waals surface area contributed by atoms with Gasteiger partial charge in [0.05, 0.1) is 5.92 Å². The molecule has 17 heavy (non-hydrogen) atoms. The van der Waals surface area contributed by atoms with Crippen LogP contribution >= 0.6 is 0 Å². The Hall–Kier alpha value is -1.84. The molecular formula is C13H14O4. The van der Waals surface area contributed by atoms with Crippen molar-refractivity contribution in [3.05, 3.63) is 35.4 Å².